The minimum absolute atomic E-state index is 0.149. The molecule has 5 amide bonds. The number of benzene rings is 2. The zero-order valence-corrected chi connectivity index (χ0v) is 20.5. The van der Waals surface area contributed by atoms with Crippen molar-refractivity contribution in [1.82, 2.24) is 20.6 Å². The maximum absolute atomic E-state index is 13.3. The average Bonchev–Trinajstić information content (AvgIpc) is 2.90. The van der Waals surface area contributed by atoms with Gasteiger partial charge in [0.25, 0.3) is 23.6 Å². The summed E-state index contributed by atoms with van der Waals surface area (Å²) in [5.41, 5.74) is 8.24. The van der Waals surface area contributed by atoms with Crippen LogP contribution in [0.15, 0.2) is 24.3 Å². The number of hydroxylamine groups is 1. The van der Waals surface area contributed by atoms with Crippen molar-refractivity contribution in [2.24, 2.45) is 5.73 Å². The van der Waals surface area contributed by atoms with Crippen LogP contribution < -0.4 is 16.5 Å². The van der Waals surface area contributed by atoms with Crippen molar-refractivity contribution in [3.8, 4) is 0 Å². The number of carbonyl (C=O) groups excluding carboxylic acids is 5. The van der Waals surface area contributed by atoms with Crippen LogP contribution in [0.1, 0.15) is 80.0 Å². The lowest BCUT2D eigenvalue weighted by Gasteiger charge is -2.32. The number of nitrogens with zero attached hydrogens (tertiary/aromatic N) is 2. The van der Waals surface area contributed by atoms with E-state index in [4.69, 9.17) is 10.9 Å². The number of rotatable bonds is 13. The molecule has 2 heterocycles. The topological polar surface area (TPSA) is 162 Å². The molecule has 2 aromatic carbocycles. The zero-order chi connectivity index (χ0) is 26.5. The van der Waals surface area contributed by atoms with Gasteiger partial charge < -0.3 is 11.1 Å². The predicted octanol–water partition coefficient (Wildman–Crippen LogP) is 1.43. The van der Waals surface area contributed by atoms with Gasteiger partial charge in [-0.15, -0.1) is 0 Å². The molecule has 0 bridgehead atoms. The molecule has 0 spiro atoms. The molecule has 5 N–H and O–H groups in total. The van der Waals surface area contributed by atoms with Gasteiger partial charge in [-0.25, -0.2) is 5.48 Å². The van der Waals surface area contributed by atoms with Gasteiger partial charge in [0.1, 0.15) is 0 Å². The van der Waals surface area contributed by atoms with Crippen LogP contribution in [0.5, 0.6) is 0 Å². The molecule has 37 heavy (non-hydrogen) atoms. The summed E-state index contributed by atoms with van der Waals surface area (Å²) >= 11 is 0. The van der Waals surface area contributed by atoms with Crippen LogP contribution >= 0.6 is 0 Å². The highest BCUT2D eigenvalue weighted by atomic mass is 16.5. The van der Waals surface area contributed by atoms with E-state index in [9.17, 15) is 24.0 Å². The fraction of sp³-hybridized carbons (Fsp3) is 0.423. The molecule has 2 aromatic rings. The summed E-state index contributed by atoms with van der Waals surface area (Å²) in [6, 6.07) is 6.23. The van der Waals surface area contributed by atoms with E-state index in [0.717, 1.165) is 13.0 Å². The van der Waals surface area contributed by atoms with Crippen LogP contribution in [0.25, 0.3) is 10.8 Å². The number of nitrogens with one attached hydrogen (secondary N) is 2. The highest BCUT2D eigenvalue weighted by Crippen LogP contribution is 2.37. The van der Waals surface area contributed by atoms with E-state index < -0.39 is 29.5 Å². The molecule has 0 unspecified atom stereocenters. The summed E-state index contributed by atoms with van der Waals surface area (Å²) in [5.74, 6) is -2.30. The Bertz CT molecular complexity index is 1190. The normalized spacial score (nSPS) is 14.6. The monoisotopic (exact) mass is 509 g/mol. The summed E-state index contributed by atoms with van der Waals surface area (Å²) < 4.78 is 0. The van der Waals surface area contributed by atoms with Gasteiger partial charge in [-0.3, -0.25) is 39.0 Å². The van der Waals surface area contributed by atoms with E-state index in [1.54, 1.807) is 29.7 Å². The third-order valence-electron chi connectivity index (χ3n) is 6.77. The Morgan fingerprint density at radius 1 is 0.703 bits per heavy atom. The molecule has 2 aliphatic rings. The first kappa shape index (κ1) is 26.4. The molecule has 0 fully saturated rings. The minimum atomic E-state index is -0.486. The van der Waals surface area contributed by atoms with Gasteiger partial charge in [-0.1, -0.05) is 6.42 Å². The first-order chi connectivity index (χ1) is 17.9. The summed E-state index contributed by atoms with van der Waals surface area (Å²) in [7, 11) is 0. The number of amides is 5. The second kappa shape index (κ2) is 11.6. The summed E-state index contributed by atoms with van der Waals surface area (Å²) in [4.78, 5) is 66.5. The van der Waals surface area contributed by atoms with Crippen LogP contribution in [-0.4, -0.2) is 77.3 Å². The zero-order valence-electron chi connectivity index (χ0n) is 20.5. The van der Waals surface area contributed by atoms with E-state index in [2.05, 4.69) is 5.32 Å². The third-order valence-corrected chi connectivity index (χ3v) is 6.77. The first-order valence-corrected chi connectivity index (χ1v) is 12.6. The Balaban J connectivity index is 1.53. The van der Waals surface area contributed by atoms with E-state index in [0.29, 0.717) is 60.7 Å². The quantitative estimate of drug-likeness (QED) is 0.136. The van der Waals surface area contributed by atoms with E-state index in [1.165, 1.54) is 9.80 Å². The molecule has 11 nitrogen and oxygen atoms in total. The molecule has 0 saturated carbocycles. The highest BCUT2D eigenvalue weighted by molar-refractivity contribution is 6.33. The van der Waals surface area contributed by atoms with Crippen molar-refractivity contribution in [2.45, 2.75) is 38.5 Å². The van der Waals surface area contributed by atoms with E-state index in [-0.39, 0.29) is 30.6 Å². The summed E-state index contributed by atoms with van der Waals surface area (Å²) in [6.07, 6.45) is 3.18. The largest absolute Gasteiger partial charge is 0.330 e. The number of unbranched alkanes of at least 4 members (excludes halogenated alkanes) is 2. The Hall–Kier alpha value is -3.67. The molecule has 0 saturated heterocycles. The van der Waals surface area contributed by atoms with Crippen molar-refractivity contribution in [1.29, 1.82) is 0 Å². The third kappa shape index (κ3) is 5.10. The van der Waals surface area contributed by atoms with Crippen molar-refractivity contribution < 1.29 is 29.2 Å². The smallest absolute Gasteiger partial charge is 0.261 e. The lowest BCUT2D eigenvalue weighted by molar-refractivity contribution is -0.129. The van der Waals surface area contributed by atoms with Gasteiger partial charge >= 0.3 is 0 Å². The fourth-order valence-corrected chi connectivity index (χ4v) is 4.88. The summed E-state index contributed by atoms with van der Waals surface area (Å²) in [5, 5.41) is 12.5. The Morgan fingerprint density at radius 3 is 1.62 bits per heavy atom. The minimum Gasteiger partial charge on any atom is -0.330 e. The highest BCUT2D eigenvalue weighted by Gasteiger charge is 2.39. The van der Waals surface area contributed by atoms with Crippen LogP contribution in [0.3, 0.4) is 0 Å². The SMILES string of the molecule is NCCCNCCCN1C(=O)c2ccc3c4c(ccc(c24)C1=O)C(=O)N(CCCCCC(=O)NO)C3=O. The number of imide groups is 2. The standard InChI is InChI=1S/C26H31N5O6/c27-11-4-12-28-13-5-15-31-25(35)18-9-7-16-21-17(8-10-19(22(18)21)26(31)36)24(34)30(23(16)33)14-3-1-2-6-20(32)29-37/h7-10,28,37H,1-6,11-15,27H2,(H,29,32). The number of nitrogens with two attached hydrogens (primary N) is 1. The average molecular weight is 510 g/mol. The van der Waals surface area contributed by atoms with Gasteiger partial charge in [0.05, 0.1) is 0 Å². The van der Waals surface area contributed by atoms with Gasteiger partial charge in [-0.2, -0.15) is 0 Å². The Kier molecular flexibility index (Phi) is 8.27. The molecule has 4 rings (SSSR count). The van der Waals surface area contributed by atoms with Crippen molar-refractivity contribution >= 4 is 40.3 Å². The molecular formula is C26H31N5O6. The fourth-order valence-electron chi connectivity index (χ4n) is 4.88. The lowest BCUT2D eigenvalue weighted by atomic mass is 9.86. The molecule has 0 radical (unpaired) electrons. The first-order valence-electron chi connectivity index (χ1n) is 12.6. The number of carbonyl (C=O) groups is 5. The molecular weight excluding hydrogens is 478 g/mol. The lowest BCUT2D eigenvalue weighted by Crippen LogP contribution is -2.44. The molecule has 11 heteroatoms. The van der Waals surface area contributed by atoms with Gasteiger partial charge in [-0.05, 0) is 69.6 Å². The van der Waals surface area contributed by atoms with E-state index >= 15 is 0 Å². The van der Waals surface area contributed by atoms with Gasteiger partial charge in [0.15, 0.2) is 0 Å². The van der Waals surface area contributed by atoms with Crippen molar-refractivity contribution in [3.05, 3.63) is 46.5 Å². The molecule has 0 aliphatic carbocycles. The van der Waals surface area contributed by atoms with Crippen LogP contribution in [0.2, 0.25) is 0 Å². The maximum atomic E-state index is 13.3. The number of hydrogen-bond acceptors (Lipinski definition) is 8. The molecule has 196 valence electrons. The molecule has 0 aromatic heterocycles. The van der Waals surface area contributed by atoms with Crippen LogP contribution in [0.4, 0.5) is 0 Å². The van der Waals surface area contributed by atoms with E-state index in [1.807, 2.05) is 0 Å². The van der Waals surface area contributed by atoms with Gasteiger partial charge in [0, 0.05) is 52.5 Å². The second-order valence-corrected chi connectivity index (χ2v) is 9.19. The number of hydrogen-bond donors (Lipinski definition) is 4. The molecule has 0 atom stereocenters. The van der Waals surface area contributed by atoms with Crippen LogP contribution in [0, 0.1) is 0 Å². The Labute approximate surface area is 213 Å². The Morgan fingerprint density at radius 2 is 1.16 bits per heavy atom. The van der Waals surface area contributed by atoms with Crippen molar-refractivity contribution in [2.75, 3.05) is 32.7 Å². The second-order valence-electron chi connectivity index (χ2n) is 9.19. The van der Waals surface area contributed by atoms with Crippen molar-refractivity contribution in [3.63, 3.8) is 0 Å². The maximum Gasteiger partial charge on any atom is 0.261 e. The van der Waals surface area contributed by atoms with Crippen LogP contribution in [-0.2, 0) is 4.79 Å². The summed E-state index contributed by atoms with van der Waals surface area (Å²) in [6.45, 7) is 2.43. The predicted molar refractivity (Wildman–Crippen MR) is 134 cm³/mol. The molecule has 2 aliphatic heterocycles. The van der Waals surface area contributed by atoms with Gasteiger partial charge in [0.2, 0.25) is 5.91 Å².